The Morgan fingerprint density at radius 1 is 1.24 bits per heavy atom. The number of benzene rings is 1. The topological polar surface area (TPSA) is 72.5 Å². The van der Waals surface area contributed by atoms with Crippen molar-refractivity contribution in [2.24, 2.45) is 0 Å². The fraction of sp³-hybridized carbons (Fsp3) is 0.400. The molecule has 0 aliphatic rings. The number of hydrogen-bond acceptors (Lipinski definition) is 5. The molecule has 21 heavy (non-hydrogen) atoms. The number of carbonyl (C=O) groups is 1. The van der Waals surface area contributed by atoms with E-state index in [2.05, 4.69) is 5.32 Å². The smallest absolute Gasteiger partial charge is 0.330 e. The molecule has 0 heterocycles. The lowest BCUT2D eigenvalue weighted by molar-refractivity contribution is -0.137. The summed E-state index contributed by atoms with van der Waals surface area (Å²) in [6.07, 6.45) is 3.48. The van der Waals surface area contributed by atoms with Crippen LogP contribution in [0.1, 0.15) is 12.0 Å². The summed E-state index contributed by atoms with van der Waals surface area (Å²) in [7, 11) is -1.39. The van der Waals surface area contributed by atoms with Gasteiger partial charge in [-0.1, -0.05) is 30.3 Å². The van der Waals surface area contributed by atoms with Crippen LogP contribution in [0.3, 0.4) is 0 Å². The normalized spacial score (nSPS) is 11.7. The average Bonchev–Trinajstić information content (AvgIpc) is 2.46. The third kappa shape index (κ3) is 8.27. The zero-order valence-corrected chi connectivity index (χ0v) is 12.9. The average molecular weight is 311 g/mol. The predicted octanol–water partition coefficient (Wildman–Crippen LogP) is 1.27. The van der Waals surface area contributed by atoms with Gasteiger partial charge in [0.2, 0.25) is 0 Å². The van der Waals surface area contributed by atoms with Gasteiger partial charge >= 0.3 is 5.97 Å². The number of sulfone groups is 1. The summed E-state index contributed by atoms with van der Waals surface area (Å²) in [5.74, 6) is -0.573. The van der Waals surface area contributed by atoms with Crippen LogP contribution in [0.15, 0.2) is 36.4 Å². The van der Waals surface area contributed by atoms with Crippen molar-refractivity contribution in [1.29, 1.82) is 0 Å². The highest BCUT2D eigenvalue weighted by molar-refractivity contribution is 7.91. The molecule has 0 unspecified atom stereocenters. The fourth-order valence-electron chi connectivity index (χ4n) is 1.62. The fourth-order valence-corrected chi connectivity index (χ4v) is 2.74. The maximum Gasteiger partial charge on any atom is 0.330 e. The van der Waals surface area contributed by atoms with E-state index in [1.54, 1.807) is 13.1 Å². The minimum Gasteiger partial charge on any atom is -0.461 e. The lowest BCUT2D eigenvalue weighted by atomic mass is 10.2. The molecule has 116 valence electrons. The largest absolute Gasteiger partial charge is 0.461 e. The van der Waals surface area contributed by atoms with Crippen molar-refractivity contribution in [2.75, 3.05) is 31.7 Å². The van der Waals surface area contributed by atoms with Gasteiger partial charge in [-0.2, -0.15) is 0 Å². The van der Waals surface area contributed by atoms with Crippen LogP contribution in [0, 0.1) is 0 Å². The van der Waals surface area contributed by atoms with Crippen LogP contribution in [-0.2, 0) is 19.4 Å². The highest BCUT2D eigenvalue weighted by Crippen LogP contribution is 2.01. The first-order valence-electron chi connectivity index (χ1n) is 6.78. The summed E-state index contributed by atoms with van der Waals surface area (Å²) in [5, 5.41) is 2.89. The van der Waals surface area contributed by atoms with E-state index in [9.17, 15) is 13.2 Å². The lowest BCUT2D eigenvalue weighted by Gasteiger charge is -2.04. The molecule has 0 saturated heterocycles. The number of carbonyl (C=O) groups excluding carboxylic acids is 1. The van der Waals surface area contributed by atoms with Crippen molar-refractivity contribution in [3.63, 3.8) is 0 Å². The van der Waals surface area contributed by atoms with Gasteiger partial charge < -0.3 is 10.1 Å². The van der Waals surface area contributed by atoms with E-state index < -0.39 is 15.8 Å². The van der Waals surface area contributed by atoms with Crippen molar-refractivity contribution < 1.29 is 17.9 Å². The van der Waals surface area contributed by atoms with Crippen LogP contribution in [0.5, 0.6) is 0 Å². The molecular formula is C15H21NO4S. The van der Waals surface area contributed by atoms with Gasteiger partial charge in [0.1, 0.15) is 6.61 Å². The minimum atomic E-state index is -3.16. The third-order valence-electron chi connectivity index (χ3n) is 2.73. The van der Waals surface area contributed by atoms with Crippen molar-refractivity contribution in [1.82, 2.24) is 5.32 Å². The number of esters is 1. The van der Waals surface area contributed by atoms with Crippen molar-refractivity contribution in [2.45, 2.75) is 6.42 Å². The molecule has 0 fully saturated rings. The summed E-state index contributed by atoms with van der Waals surface area (Å²) in [5.41, 5.74) is 0.883. The summed E-state index contributed by atoms with van der Waals surface area (Å²) in [6.45, 7) is 0.540. The van der Waals surface area contributed by atoms with Crippen LogP contribution in [0.4, 0.5) is 0 Å². The molecule has 0 saturated carbocycles. The number of nitrogens with one attached hydrogen (secondary N) is 1. The molecule has 0 aliphatic heterocycles. The Bertz CT molecular complexity index is 552. The molecule has 1 N–H and O–H groups in total. The highest BCUT2D eigenvalue weighted by Gasteiger charge is 2.11. The van der Waals surface area contributed by atoms with Crippen LogP contribution in [0.2, 0.25) is 0 Å². The second kappa shape index (κ2) is 9.31. The molecule has 0 radical (unpaired) electrons. The van der Waals surface area contributed by atoms with Gasteiger partial charge in [0.15, 0.2) is 9.84 Å². The Kier molecular flexibility index (Phi) is 7.71. The van der Waals surface area contributed by atoms with E-state index in [0.717, 1.165) is 5.56 Å². The number of hydrogen-bond donors (Lipinski definition) is 1. The Labute approximate surface area is 125 Å². The summed E-state index contributed by atoms with van der Waals surface area (Å²) >= 11 is 0. The first-order valence-corrected chi connectivity index (χ1v) is 8.60. The van der Waals surface area contributed by atoms with Crippen molar-refractivity contribution >= 4 is 21.9 Å². The molecule has 6 heteroatoms. The molecule has 1 rings (SSSR count). The summed E-state index contributed by atoms with van der Waals surface area (Å²) < 4.78 is 28.1. The van der Waals surface area contributed by atoms with Gasteiger partial charge in [0.05, 0.1) is 11.5 Å². The zero-order valence-electron chi connectivity index (χ0n) is 12.1. The number of rotatable bonds is 9. The summed E-state index contributed by atoms with van der Waals surface area (Å²) in [4.78, 5) is 11.4. The first kappa shape index (κ1) is 17.4. The zero-order chi connectivity index (χ0) is 15.6. The first-order chi connectivity index (χ1) is 10.0. The lowest BCUT2D eigenvalue weighted by Crippen LogP contribution is -2.20. The van der Waals surface area contributed by atoms with E-state index in [1.165, 1.54) is 6.08 Å². The molecule has 0 bridgehead atoms. The highest BCUT2D eigenvalue weighted by atomic mass is 32.2. The number of ether oxygens (including phenoxy) is 1. The Balaban J connectivity index is 2.29. The van der Waals surface area contributed by atoms with Crippen molar-refractivity contribution in [3.05, 3.63) is 42.0 Å². The molecule has 0 spiro atoms. The van der Waals surface area contributed by atoms with Gasteiger partial charge in [-0.15, -0.1) is 0 Å². The Morgan fingerprint density at radius 2 is 1.95 bits per heavy atom. The quantitative estimate of drug-likeness (QED) is 0.422. The molecule has 5 nitrogen and oxygen atoms in total. The van der Waals surface area contributed by atoms with E-state index in [1.807, 2.05) is 30.3 Å². The SMILES string of the molecule is CNCCCS(=O)(=O)CCOC(=O)C=Cc1ccccc1. The molecule has 0 atom stereocenters. The minimum absolute atomic E-state index is 0.102. The van der Waals surface area contributed by atoms with Gasteiger partial charge in [-0.25, -0.2) is 13.2 Å². The van der Waals surface area contributed by atoms with Crippen LogP contribution >= 0.6 is 0 Å². The third-order valence-corrected chi connectivity index (χ3v) is 4.43. The van der Waals surface area contributed by atoms with Gasteiger partial charge in [0, 0.05) is 6.08 Å². The van der Waals surface area contributed by atoms with Crippen molar-refractivity contribution in [3.8, 4) is 0 Å². The van der Waals surface area contributed by atoms with E-state index in [-0.39, 0.29) is 18.1 Å². The molecule has 0 aliphatic carbocycles. The van der Waals surface area contributed by atoms with Crippen LogP contribution in [-0.4, -0.2) is 46.1 Å². The Hall–Kier alpha value is -1.66. The van der Waals surface area contributed by atoms with Crippen LogP contribution in [0.25, 0.3) is 6.08 Å². The van der Waals surface area contributed by atoms with Gasteiger partial charge in [0.25, 0.3) is 0 Å². The van der Waals surface area contributed by atoms with E-state index in [4.69, 9.17) is 4.74 Å². The molecule has 1 aromatic carbocycles. The second-order valence-electron chi connectivity index (χ2n) is 4.52. The Morgan fingerprint density at radius 3 is 2.62 bits per heavy atom. The second-order valence-corrected chi connectivity index (χ2v) is 6.82. The van der Waals surface area contributed by atoms with Crippen LogP contribution < -0.4 is 5.32 Å². The summed E-state index contributed by atoms with van der Waals surface area (Å²) in [6, 6.07) is 9.33. The molecule has 0 amide bonds. The molecule has 1 aromatic rings. The van der Waals surface area contributed by atoms with E-state index >= 15 is 0 Å². The maximum atomic E-state index is 11.6. The van der Waals surface area contributed by atoms with E-state index in [0.29, 0.717) is 13.0 Å². The monoisotopic (exact) mass is 311 g/mol. The van der Waals surface area contributed by atoms with Gasteiger partial charge in [-0.3, -0.25) is 0 Å². The molecular weight excluding hydrogens is 290 g/mol. The molecule has 0 aromatic heterocycles. The van der Waals surface area contributed by atoms with Gasteiger partial charge in [-0.05, 0) is 31.7 Å². The predicted molar refractivity (Wildman–Crippen MR) is 83.6 cm³/mol. The maximum absolute atomic E-state index is 11.6. The standard InChI is InChI=1S/C15H21NO4S/c1-16-10-5-12-21(18,19)13-11-20-15(17)9-8-14-6-3-2-4-7-14/h2-4,6-9,16H,5,10-13H2,1H3.